The average molecular weight is 255 g/mol. The fraction of sp³-hybridized carbons (Fsp3) is 0.286. The lowest BCUT2D eigenvalue weighted by Crippen LogP contribution is -2.23. The average Bonchev–Trinajstić information content (AvgIpc) is 3.20. The Hall–Kier alpha value is -2.30. The third-order valence-corrected chi connectivity index (χ3v) is 3.37. The van der Waals surface area contributed by atoms with Gasteiger partial charge in [0.05, 0.1) is 11.4 Å². The van der Waals surface area contributed by atoms with Gasteiger partial charge in [-0.25, -0.2) is 9.97 Å². The zero-order chi connectivity index (χ0) is 13.5. The molecule has 0 saturated heterocycles. The summed E-state index contributed by atoms with van der Waals surface area (Å²) < 4.78 is 0. The minimum absolute atomic E-state index is 0.403. The second-order valence-corrected chi connectivity index (χ2v) is 4.82. The predicted octanol–water partition coefficient (Wildman–Crippen LogP) is 1.96. The maximum atomic E-state index is 11.3. The first kappa shape index (κ1) is 11.8. The molecule has 0 atom stereocenters. The quantitative estimate of drug-likeness (QED) is 0.907. The van der Waals surface area contributed by atoms with E-state index in [2.05, 4.69) is 15.0 Å². The van der Waals surface area contributed by atoms with Gasteiger partial charge in [-0.1, -0.05) is 6.07 Å². The molecule has 1 aliphatic carbocycles. The van der Waals surface area contributed by atoms with Crippen LogP contribution >= 0.6 is 0 Å². The molecule has 0 aromatic carbocycles. The second-order valence-electron chi connectivity index (χ2n) is 4.82. The molecule has 0 spiro atoms. The van der Waals surface area contributed by atoms with Crippen LogP contribution in [0.3, 0.4) is 0 Å². The van der Waals surface area contributed by atoms with Gasteiger partial charge in [0.1, 0.15) is 11.2 Å². The second kappa shape index (κ2) is 4.12. The number of pyridine rings is 1. The van der Waals surface area contributed by atoms with E-state index in [-0.39, 0.29) is 0 Å². The van der Waals surface area contributed by atoms with Gasteiger partial charge < -0.3 is 5.11 Å². The fourth-order valence-electron chi connectivity index (χ4n) is 2.09. The first-order valence-corrected chi connectivity index (χ1v) is 6.13. The van der Waals surface area contributed by atoms with Crippen molar-refractivity contribution in [2.75, 3.05) is 0 Å². The Balaban J connectivity index is 2.10. The number of aliphatic carboxylic acids is 1. The molecule has 1 saturated carbocycles. The van der Waals surface area contributed by atoms with E-state index in [1.807, 2.05) is 31.2 Å². The standard InChI is InChI=1S/C14H13N3O2/c1-9-8-11(10-4-2-3-7-15-10)17-12(16-9)14(5-6-14)13(18)19/h2-4,7-8H,5-6H2,1H3,(H,18,19). The molecule has 5 heteroatoms. The van der Waals surface area contributed by atoms with E-state index in [1.54, 1.807) is 6.20 Å². The highest BCUT2D eigenvalue weighted by Crippen LogP contribution is 2.47. The summed E-state index contributed by atoms with van der Waals surface area (Å²) in [6.45, 7) is 1.84. The molecule has 2 aromatic heterocycles. The van der Waals surface area contributed by atoms with Crippen molar-refractivity contribution in [1.82, 2.24) is 15.0 Å². The molecular formula is C14H13N3O2. The van der Waals surface area contributed by atoms with Gasteiger partial charge in [-0.2, -0.15) is 0 Å². The van der Waals surface area contributed by atoms with Crippen LogP contribution in [0, 0.1) is 6.92 Å². The lowest BCUT2D eigenvalue weighted by molar-refractivity contribution is -0.140. The largest absolute Gasteiger partial charge is 0.480 e. The SMILES string of the molecule is Cc1cc(-c2ccccn2)nc(C2(C(=O)O)CC2)n1. The number of aryl methyl sites for hydroxylation is 1. The molecule has 19 heavy (non-hydrogen) atoms. The Morgan fingerprint density at radius 1 is 1.26 bits per heavy atom. The third-order valence-electron chi connectivity index (χ3n) is 3.37. The maximum absolute atomic E-state index is 11.3. The molecular weight excluding hydrogens is 242 g/mol. The van der Waals surface area contributed by atoms with Crippen molar-refractivity contribution in [3.8, 4) is 11.4 Å². The van der Waals surface area contributed by atoms with Crippen LogP contribution in [0.2, 0.25) is 0 Å². The van der Waals surface area contributed by atoms with Crippen LogP contribution in [0.1, 0.15) is 24.4 Å². The Bertz CT molecular complexity index is 636. The first-order valence-electron chi connectivity index (χ1n) is 6.13. The van der Waals surface area contributed by atoms with E-state index >= 15 is 0 Å². The highest BCUT2D eigenvalue weighted by Gasteiger charge is 2.54. The number of aromatic nitrogens is 3. The molecule has 1 aliphatic rings. The third kappa shape index (κ3) is 1.97. The molecule has 0 unspecified atom stereocenters. The van der Waals surface area contributed by atoms with Crippen molar-refractivity contribution in [3.63, 3.8) is 0 Å². The Morgan fingerprint density at radius 2 is 2.05 bits per heavy atom. The number of nitrogens with zero attached hydrogens (tertiary/aromatic N) is 3. The van der Waals surface area contributed by atoms with E-state index in [1.165, 1.54) is 0 Å². The van der Waals surface area contributed by atoms with E-state index < -0.39 is 11.4 Å². The van der Waals surface area contributed by atoms with E-state index in [0.717, 1.165) is 11.4 Å². The number of carboxylic acid groups (broad SMARTS) is 1. The number of rotatable bonds is 3. The smallest absolute Gasteiger partial charge is 0.317 e. The molecule has 3 rings (SSSR count). The zero-order valence-corrected chi connectivity index (χ0v) is 10.5. The predicted molar refractivity (Wildman–Crippen MR) is 68.5 cm³/mol. The molecule has 0 bridgehead atoms. The molecule has 0 radical (unpaired) electrons. The van der Waals surface area contributed by atoms with Gasteiger partial charge >= 0.3 is 5.97 Å². The van der Waals surface area contributed by atoms with Gasteiger partial charge in [-0.15, -0.1) is 0 Å². The minimum atomic E-state index is -0.879. The molecule has 5 nitrogen and oxygen atoms in total. The van der Waals surface area contributed by atoms with Gasteiger partial charge in [0.15, 0.2) is 0 Å². The van der Waals surface area contributed by atoms with Crippen molar-refractivity contribution in [2.45, 2.75) is 25.2 Å². The number of hydrogen-bond acceptors (Lipinski definition) is 4. The van der Waals surface area contributed by atoms with Gasteiger partial charge in [0.25, 0.3) is 0 Å². The lowest BCUT2D eigenvalue weighted by Gasteiger charge is -2.10. The zero-order valence-electron chi connectivity index (χ0n) is 10.5. The normalized spacial score (nSPS) is 16.1. The van der Waals surface area contributed by atoms with Crippen molar-refractivity contribution in [2.24, 2.45) is 0 Å². The molecule has 96 valence electrons. The van der Waals surface area contributed by atoms with Gasteiger partial charge in [0, 0.05) is 11.9 Å². The van der Waals surface area contributed by atoms with Crippen LogP contribution in [-0.4, -0.2) is 26.0 Å². The summed E-state index contributed by atoms with van der Waals surface area (Å²) in [5.41, 5.74) is 1.29. The molecule has 1 N–H and O–H groups in total. The number of hydrogen-bond donors (Lipinski definition) is 1. The Labute approximate surface area is 110 Å². The topological polar surface area (TPSA) is 76.0 Å². The van der Waals surface area contributed by atoms with Crippen molar-refractivity contribution in [1.29, 1.82) is 0 Å². The van der Waals surface area contributed by atoms with Gasteiger partial charge in [-0.05, 0) is 38.0 Å². The number of carbonyl (C=O) groups is 1. The van der Waals surface area contributed by atoms with E-state index in [0.29, 0.717) is 24.4 Å². The minimum Gasteiger partial charge on any atom is -0.480 e. The summed E-state index contributed by atoms with van der Waals surface area (Å²) in [4.78, 5) is 24.3. The van der Waals surface area contributed by atoms with Crippen LogP contribution in [-0.2, 0) is 10.2 Å². The molecule has 2 aromatic rings. The molecule has 1 fully saturated rings. The summed E-state index contributed by atoms with van der Waals surface area (Å²) in [5.74, 6) is -0.439. The lowest BCUT2D eigenvalue weighted by atomic mass is 10.1. The summed E-state index contributed by atoms with van der Waals surface area (Å²) in [5, 5.41) is 9.31. The van der Waals surface area contributed by atoms with Crippen LogP contribution < -0.4 is 0 Å². The summed E-state index contributed by atoms with van der Waals surface area (Å²) in [6, 6.07) is 7.39. The molecule has 0 aliphatic heterocycles. The van der Waals surface area contributed by atoms with E-state index in [4.69, 9.17) is 0 Å². The highest BCUT2D eigenvalue weighted by atomic mass is 16.4. The summed E-state index contributed by atoms with van der Waals surface area (Å²) in [7, 11) is 0. The number of carboxylic acids is 1. The Morgan fingerprint density at radius 3 is 2.63 bits per heavy atom. The van der Waals surface area contributed by atoms with Gasteiger partial charge in [0.2, 0.25) is 0 Å². The summed E-state index contributed by atoms with van der Waals surface area (Å²) >= 11 is 0. The monoisotopic (exact) mass is 255 g/mol. The van der Waals surface area contributed by atoms with Gasteiger partial charge in [-0.3, -0.25) is 9.78 Å². The van der Waals surface area contributed by atoms with Crippen LogP contribution in [0.5, 0.6) is 0 Å². The van der Waals surface area contributed by atoms with Crippen LogP contribution in [0.15, 0.2) is 30.5 Å². The highest BCUT2D eigenvalue weighted by molar-refractivity contribution is 5.83. The maximum Gasteiger partial charge on any atom is 0.317 e. The fourth-order valence-corrected chi connectivity index (χ4v) is 2.09. The Kier molecular flexibility index (Phi) is 2.55. The summed E-state index contributed by atoms with van der Waals surface area (Å²) in [6.07, 6.45) is 2.90. The van der Waals surface area contributed by atoms with E-state index in [9.17, 15) is 9.90 Å². The first-order chi connectivity index (χ1) is 9.12. The van der Waals surface area contributed by atoms with Crippen molar-refractivity contribution in [3.05, 3.63) is 42.0 Å². The van der Waals surface area contributed by atoms with Crippen LogP contribution in [0.25, 0.3) is 11.4 Å². The van der Waals surface area contributed by atoms with Crippen molar-refractivity contribution >= 4 is 5.97 Å². The molecule has 2 heterocycles. The van der Waals surface area contributed by atoms with Crippen LogP contribution in [0.4, 0.5) is 0 Å². The van der Waals surface area contributed by atoms with Crippen molar-refractivity contribution < 1.29 is 9.90 Å². The molecule has 0 amide bonds.